The number of rotatable bonds is 7. The van der Waals surface area contributed by atoms with Gasteiger partial charge in [0, 0.05) is 17.4 Å². The van der Waals surface area contributed by atoms with Gasteiger partial charge in [-0.3, -0.25) is 0 Å². The molecule has 182 valence electrons. The van der Waals surface area contributed by atoms with Crippen LogP contribution in [-0.4, -0.2) is 34.8 Å². The van der Waals surface area contributed by atoms with E-state index in [9.17, 15) is 14.7 Å². The second-order valence-electron chi connectivity index (χ2n) is 8.60. The molecule has 0 saturated heterocycles. The number of nitrogens with one attached hydrogen (secondary N) is 1. The van der Waals surface area contributed by atoms with Crippen molar-refractivity contribution in [2.75, 3.05) is 6.61 Å². The molecule has 5 rings (SSSR count). The maximum absolute atomic E-state index is 12.6. The third kappa shape index (κ3) is 4.85. The SMILES string of the molecule is Cc1nc(C[C@H](NC(=O)OCC2c3ccccc3-c3ccccc32)C(=O)O)sc1-c1cccc(Cl)c1. The van der Waals surface area contributed by atoms with Crippen molar-refractivity contribution in [2.24, 2.45) is 0 Å². The number of nitrogens with zero attached hydrogens (tertiary/aromatic N) is 1. The van der Waals surface area contributed by atoms with E-state index in [0.29, 0.717) is 10.0 Å². The molecule has 36 heavy (non-hydrogen) atoms. The molecule has 1 amide bonds. The van der Waals surface area contributed by atoms with Crippen LogP contribution in [0.15, 0.2) is 72.8 Å². The highest BCUT2D eigenvalue weighted by molar-refractivity contribution is 7.15. The number of carboxylic acid groups (broad SMARTS) is 1. The fraction of sp³-hybridized carbons (Fsp3) is 0.179. The van der Waals surface area contributed by atoms with Gasteiger partial charge < -0.3 is 15.2 Å². The van der Waals surface area contributed by atoms with E-state index in [1.807, 2.05) is 61.5 Å². The van der Waals surface area contributed by atoms with E-state index in [4.69, 9.17) is 16.3 Å². The summed E-state index contributed by atoms with van der Waals surface area (Å²) in [7, 11) is 0. The predicted molar refractivity (Wildman–Crippen MR) is 141 cm³/mol. The van der Waals surface area contributed by atoms with E-state index >= 15 is 0 Å². The number of halogens is 1. The lowest BCUT2D eigenvalue weighted by Gasteiger charge is -2.17. The summed E-state index contributed by atoms with van der Waals surface area (Å²) in [6.07, 6.45) is -0.724. The molecule has 6 nitrogen and oxygen atoms in total. The second kappa shape index (κ2) is 10.1. The van der Waals surface area contributed by atoms with Crippen LogP contribution < -0.4 is 5.32 Å². The minimum absolute atomic E-state index is 0.0472. The molecule has 0 spiro atoms. The number of carbonyl (C=O) groups is 2. The third-order valence-corrected chi connectivity index (χ3v) is 7.70. The summed E-state index contributed by atoms with van der Waals surface area (Å²) in [6.45, 7) is 1.98. The van der Waals surface area contributed by atoms with E-state index in [1.165, 1.54) is 11.3 Å². The van der Waals surface area contributed by atoms with Gasteiger partial charge in [-0.1, -0.05) is 72.3 Å². The average molecular weight is 519 g/mol. The van der Waals surface area contributed by atoms with Crippen molar-refractivity contribution < 1.29 is 19.4 Å². The molecule has 8 heteroatoms. The van der Waals surface area contributed by atoms with Crippen LogP contribution in [0.4, 0.5) is 4.79 Å². The van der Waals surface area contributed by atoms with Gasteiger partial charge in [0.05, 0.1) is 15.6 Å². The van der Waals surface area contributed by atoms with E-state index in [1.54, 1.807) is 6.07 Å². The molecule has 4 aromatic rings. The van der Waals surface area contributed by atoms with E-state index in [-0.39, 0.29) is 18.9 Å². The van der Waals surface area contributed by atoms with Crippen LogP contribution in [0, 0.1) is 6.92 Å². The first kappa shape index (κ1) is 24.0. The van der Waals surface area contributed by atoms with Gasteiger partial charge in [0.15, 0.2) is 0 Å². The molecule has 0 fully saturated rings. The summed E-state index contributed by atoms with van der Waals surface area (Å²) in [5, 5.41) is 13.5. The monoisotopic (exact) mass is 518 g/mol. The van der Waals surface area contributed by atoms with Crippen LogP contribution in [0.1, 0.15) is 27.7 Å². The molecule has 1 aliphatic carbocycles. The number of fused-ring (bicyclic) bond motifs is 3. The number of alkyl carbamates (subject to hydrolysis) is 1. The molecule has 1 aliphatic rings. The first-order valence-corrected chi connectivity index (χ1v) is 12.7. The zero-order chi connectivity index (χ0) is 25.2. The Morgan fingerprint density at radius 2 is 1.72 bits per heavy atom. The van der Waals surface area contributed by atoms with Crippen molar-refractivity contribution in [3.05, 3.63) is 99.6 Å². The van der Waals surface area contributed by atoms with E-state index in [0.717, 1.165) is 38.4 Å². The molecule has 0 bridgehead atoms. The molecule has 1 aromatic heterocycles. The minimum atomic E-state index is -1.17. The van der Waals surface area contributed by atoms with Crippen LogP contribution in [0.5, 0.6) is 0 Å². The lowest BCUT2D eigenvalue weighted by molar-refractivity contribution is -0.139. The smallest absolute Gasteiger partial charge is 0.407 e. The van der Waals surface area contributed by atoms with Crippen LogP contribution in [0.2, 0.25) is 5.02 Å². The number of amides is 1. The Balaban J connectivity index is 1.26. The summed E-state index contributed by atoms with van der Waals surface area (Å²) in [6, 6.07) is 22.3. The fourth-order valence-electron chi connectivity index (χ4n) is 4.59. The van der Waals surface area contributed by atoms with Crippen molar-refractivity contribution in [3.63, 3.8) is 0 Å². The highest BCUT2D eigenvalue weighted by Crippen LogP contribution is 2.44. The van der Waals surface area contributed by atoms with Crippen molar-refractivity contribution in [1.29, 1.82) is 0 Å². The van der Waals surface area contributed by atoms with E-state index in [2.05, 4.69) is 22.4 Å². The summed E-state index contributed by atoms with van der Waals surface area (Å²) < 4.78 is 5.52. The minimum Gasteiger partial charge on any atom is -0.480 e. The van der Waals surface area contributed by atoms with Gasteiger partial charge in [-0.15, -0.1) is 11.3 Å². The highest BCUT2D eigenvalue weighted by Gasteiger charge is 2.30. The Bertz CT molecular complexity index is 1410. The molecule has 0 saturated carbocycles. The zero-order valence-electron chi connectivity index (χ0n) is 19.4. The standard InChI is InChI=1S/C28H23ClN2O4S/c1-16-26(17-7-6-8-18(29)13-17)36-25(30-16)14-24(27(32)33)31-28(34)35-15-23-21-11-4-2-9-19(21)20-10-3-5-12-22(20)23/h2-13,23-24H,14-15H2,1H3,(H,31,34)(H,32,33)/t24-/m0/s1. The number of aryl methyl sites for hydroxylation is 1. The molecule has 0 radical (unpaired) electrons. The molecule has 3 aromatic carbocycles. The van der Waals surface area contributed by atoms with Gasteiger partial charge in [0.1, 0.15) is 12.6 Å². The summed E-state index contributed by atoms with van der Waals surface area (Å²) >= 11 is 7.50. The average Bonchev–Trinajstić information content (AvgIpc) is 3.39. The van der Waals surface area contributed by atoms with Gasteiger partial charge in [0.2, 0.25) is 0 Å². The number of thiazole rings is 1. The third-order valence-electron chi connectivity index (χ3n) is 6.24. The lowest BCUT2D eigenvalue weighted by Crippen LogP contribution is -2.42. The van der Waals surface area contributed by atoms with Crippen LogP contribution in [0.3, 0.4) is 0 Å². The zero-order valence-corrected chi connectivity index (χ0v) is 21.0. The lowest BCUT2D eigenvalue weighted by atomic mass is 9.98. The van der Waals surface area contributed by atoms with Gasteiger partial charge in [-0.2, -0.15) is 0 Å². The Hall–Kier alpha value is -3.68. The highest BCUT2D eigenvalue weighted by atomic mass is 35.5. The summed E-state index contributed by atoms with van der Waals surface area (Å²) in [5.74, 6) is -1.26. The molecule has 1 atom stereocenters. The largest absolute Gasteiger partial charge is 0.480 e. The molecule has 1 heterocycles. The second-order valence-corrected chi connectivity index (χ2v) is 10.1. The summed E-state index contributed by atoms with van der Waals surface area (Å²) in [4.78, 5) is 30.0. The van der Waals surface area contributed by atoms with Crippen LogP contribution >= 0.6 is 22.9 Å². The first-order chi connectivity index (χ1) is 17.4. The number of carbonyl (C=O) groups excluding carboxylic acids is 1. The van der Waals surface area contributed by atoms with Gasteiger partial charge >= 0.3 is 12.1 Å². The Morgan fingerprint density at radius 3 is 2.36 bits per heavy atom. The van der Waals surface area contributed by atoms with Gasteiger partial charge in [0.25, 0.3) is 0 Å². The quantitative estimate of drug-likeness (QED) is 0.299. The molecule has 0 unspecified atom stereocenters. The molecular weight excluding hydrogens is 496 g/mol. The van der Waals surface area contributed by atoms with Crippen LogP contribution in [-0.2, 0) is 16.0 Å². The van der Waals surface area contributed by atoms with Gasteiger partial charge in [-0.05, 0) is 46.9 Å². The Morgan fingerprint density at radius 1 is 1.06 bits per heavy atom. The number of ether oxygens (including phenoxy) is 1. The molecular formula is C28H23ClN2O4S. The normalized spacial score (nSPS) is 13.1. The van der Waals surface area contributed by atoms with Crippen molar-refractivity contribution in [3.8, 4) is 21.6 Å². The summed E-state index contributed by atoms with van der Waals surface area (Å²) in [5.41, 5.74) is 6.13. The Kier molecular flexibility index (Phi) is 6.76. The van der Waals surface area contributed by atoms with Crippen molar-refractivity contribution >= 4 is 35.0 Å². The number of benzene rings is 3. The number of hydrogen-bond acceptors (Lipinski definition) is 5. The Labute approximate surface area is 217 Å². The number of aliphatic carboxylic acids is 1. The molecule has 2 N–H and O–H groups in total. The number of aromatic nitrogens is 1. The molecule has 0 aliphatic heterocycles. The topological polar surface area (TPSA) is 88.5 Å². The first-order valence-electron chi connectivity index (χ1n) is 11.5. The van der Waals surface area contributed by atoms with Gasteiger partial charge in [-0.25, -0.2) is 14.6 Å². The predicted octanol–water partition coefficient (Wildman–Crippen LogP) is 6.31. The maximum atomic E-state index is 12.6. The van der Waals surface area contributed by atoms with Crippen molar-refractivity contribution in [2.45, 2.75) is 25.3 Å². The van der Waals surface area contributed by atoms with Crippen molar-refractivity contribution in [1.82, 2.24) is 10.3 Å². The van der Waals surface area contributed by atoms with E-state index < -0.39 is 18.1 Å². The number of hydrogen-bond donors (Lipinski definition) is 2. The van der Waals surface area contributed by atoms with Crippen LogP contribution in [0.25, 0.3) is 21.6 Å². The number of carboxylic acids is 1. The fourth-order valence-corrected chi connectivity index (χ4v) is 5.89. The maximum Gasteiger partial charge on any atom is 0.407 e.